The standard InChI is InChI=1S/C4H13O3PS/c1-3-4-9(2)8(5,6)7/h5-7H,3-4H2,1-2H3. The third-order valence-corrected chi connectivity index (χ3v) is 5.81. The van der Waals surface area contributed by atoms with Crippen LogP contribution in [-0.2, 0) is 10.1 Å². The number of hydrogen-bond donors (Lipinski definition) is 3. The maximum Gasteiger partial charge on any atom is 0.276 e. The Kier molecular flexibility index (Phi) is 4.01. The summed E-state index contributed by atoms with van der Waals surface area (Å²) in [6.07, 6.45) is 2.54. The number of hydrogen-bond acceptors (Lipinski definition) is 0. The Bertz CT molecular complexity index is 130. The normalized spacial score (nSPS) is 15.7. The van der Waals surface area contributed by atoms with Crippen molar-refractivity contribution < 1.29 is 14.7 Å². The second kappa shape index (κ2) is 3.74. The zero-order chi connectivity index (χ0) is 7.49. The second-order valence-electron chi connectivity index (χ2n) is 1.82. The van der Waals surface area contributed by atoms with Crippen LogP contribution in [0.5, 0.6) is 0 Å². The first kappa shape index (κ1) is 9.66. The van der Waals surface area contributed by atoms with Gasteiger partial charge in [0.15, 0.2) is 0 Å². The highest BCUT2D eigenvalue weighted by molar-refractivity contribution is 8.27. The lowest BCUT2D eigenvalue weighted by Crippen LogP contribution is -1.95. The fraction of sp³-hybridized carbons (Fsp3) is 1.00. The van der Waals surface area contributed by atoms with E-state index < -0.39 is 16.8 Å². The first-order valence-corrected chi connectivity index (χ1v) is 6.74. The van der Waals surface area contributed by atoms with Gasteiger partial charge in [-0.3, -0.25) is 0 Å². The van der Waals surface area contributed by atoms with Crippen LogP contribution in [0, 0.1) is 0 Å². The van der Waals surface area contributed by atoms with Crippen LogP contribution in [0.2, 0.25) is 0 Å². The highest BCUT2D eigenvalue weighted by atomic mass is 32.5. The molecule has 0 radical (unpaired) electrons. The molecule has 0 aromatic heterocycles. The summed E-state index contributed by atoms with van der Waals surface area (Å²) in [7, 11) is -0.610. The van der Waals surface area contributed by atoms with E-state index >= 15 is 0 Å². The van der Waals surface area contributed by atoms with Crippen molar-refractivity contribution in [3.8, 4) is 0 Å². The van der Waals surface area contributed by atoms with Gasteiger partial charge in [0.05, 0.1) is 0 Å². The first-order chi connectivity index (χ1) is 3.98. The highest BCUT2D eigenvalue weighted by Crippen LogP contribution is 2.35. The molecule has 0 saturated heterocycles. The summed E-state index contributed by atoms with van der Waals surface area (Å²) >= 11 is 0. The molecule has 9 heavy (non-hydrogen) atoms. The third-order valence-electron chi connectivity index (χ3n) is 0.918. The topological polar surface area (TPSA) is 60.7 Å². The van der Waals surface area contributed by atoms with Crippen molar-refractivity contribution in [2.24, 2.45) is 0 Å². The molecule has 0 fully saturated rings. The summed E-state index contributed by atoms with van der Waals surface area (Å²) in [4.78, 5) is 26.0. The molecule has 58 valence electrons. The van der Waals surface area contributed by atoms with Crippen LogP contribution < -0.4 is 0 Å². The Morgan fingerprint density at radius 1 is 1.33 bits per heavy atom. The second-order valence-corrected chi connectivity index (χ2v) is 7.79. The SMILES string of the molecule is CCCS(C)=P(O)(O)O. The van der Waals surface area contributed by atoms with Crippen molar-refractivity contribution >= 4 is 16.8 Å². The minimum Gasteiger partial charge on any atom is -0.329 e. The van der Waals surface area contributed by atoms with Crippen LogP contribution >= 0.6 is 6.72 Å². The molecule has 3 nitrogen and oxygen atoms in total. The van der Waals surface area contributed by atoms with Crippen LogP contribution in [-0.4, -0.2) is 26.7 Å². The zero-order valence-electron chi connectivity index (χ0n) is 5.61. The third kappa shape index (κ3) is 4.12. The largest absolute Gasteiger partial charge is 0.329 e. The van der Waals surface area contributed by atoms with E-state index in [1.54, 1.807) is 6.26 Å². The summed E-state index contributed by atoms with van der Waals surface area (Å²) in [6.45, 7) is -1.55. The van der Waals surface area contributed by atoms with E-state index in [2.05, 4.69) is 0 Å². The van der Waals surface area contributed by atoms with Crippen LogP contribution in [0.4, 0.5) is 0 Å². The van der Waals surface area contributed by atoms with E-state index in [1.165, 1.54) is 0 Å². The van der Waals surface area contributed by atoms with Gasteiger partial charge in [-0.05, 0) is 18.4 Å². The average Bonchev–Trinajstić information content (AvgIpc) is 1.64. The molecule has 0 saturated carbocycles. The molecule has 1 unspecified atom stereocenters. The lowest BCUT2D eigenvalue weighted by atomic mass is 10.6. The first-order valence-electron chi connectivity index (χ1n) is 2.69. The Hall–Kier alpha value is 0.660. The van der Waals surface area contributed by atoms with Crippen molar-refractivity contribution in [2.75, 3.05) is 12.0 Å². The van der Waals surface area contributed by atoms with E-state index in [0.29, 0.717) is 5.75 Å². The predicted molar refractivity (Wildman–Crippen MR) is 42.0 cm³/mol. The van der Waals surface area contributed by atoms with Gasteiger partial charge in [-0.1, -0.05) is 6.92 Å². The van der Waals surface area contributed by atoms with Crippen molar-refractivity contribution in [3.63, 3.8) is 0 Å². The zero-order valence-corrected chi connectivity index (χ0v) is 7.32. The predicted octanol–water partition coefficient (Wildman–Crippen LogP) is 0.299. The van der Waals surface area contributed by atoms with Gasteiger partial charge in [0, 0.05) is 0 Å². The maximum atomic E-state index is 8.65. The van der Waals surface area contributed by atoms with Crippen LogP contribution in [0.1, 0.15) is 13.3 Å². The van der Waals surface area contributed by atoms with Crippen molar-refractivity contribution in [1.82, 2.24) is 0 Å². The summed E-state index contributed by atoms with van der Waals surface area (Å²) in [5.41, 5.74) is 0. The fourth-order valence-corrected chi connectivity index (χ4v) is 2.54. The van der Waals surface area contributed by atoms with E-state index in [-0.39, 0.29) is 0 Å². The van der Waals surface area contributed by atoms with Gasteiger partial charge < -0.3 is 14.7 Å². The molecule has 0 amide bonds. The fourth-order valence-electron chi connectivity index (χ4n) is 0.418. The molecule has 0 aromatic rings. The van der Waals surface area contributed by atoms with E-state index in [9.17, 15) is 0 Å². The number of rotatable bonds is 2. The van der Waals surface area contributed by atoms with E-state index in [0.717, 1.165) is 6.42 Å². The monoisotopic (exact) mass is 172 g/mol. The minimum atomic E-state index is -3.50. The summed E-state index contributed by atoms with van der Waals surface area (Å²) < 4.78 is 0. The Morgan fingerprint density at radius 3 is 1.89 bits per heavy atom. The van der Waals surface area contributed by atoms with Crippen molar-refractivity contribution in [3.05, 3.63) is 0 Å². The van der Waals surface area contributed by atoms with E-state index in [4.69, 9.17) is 14.7 Å². The molecule has 0 aliphatic carbocycles. The van der Waals surface area contributed by atoms with E-state index in [1.807, 2.05) is 6.92 Å². The molecule has 0 rings (SSSR count). The van der Waals surface area contributed by atoms with Crippen LogP contribution in [0.3, 0.4) is 0 Å². The molecular formula is C4H13O3PS. The molecular weight excluding hydrogens is 159 g/mol. The molecule has 1 atom stereocenters. The minimum absolute atomic E-state index is 0.610. The van der Waals surface area contributed by atoms with Gasteiger partial charge in [-0.25, -0.2) is 0 Å². The molecule has 0 spiro atoms. The van der Waals surface area contributed by atoms with Gasteiger partial charge in [0.2, 0.25) is 0 Å². The Balaban J connectivity index is 4.12. The van der Waals surface area contributed by atoms with Gasteiger partial charge in [-0.15, -0.1) is 10.1 Å². The molecule has 5 heteroatoms. The van der Waals surface area contributed by atoms with Crippen LogP contribution in [0.25, 0.3) is 0 Å². The quantitative estimate of drug-likeness (QED) is 0.525. The van der Waals surface area contributed by atoms with Gasteiger partial charge in [-0.2, -0.15) is 0 Å². The summed E-state index contributed by atoms with van der Waals surface area (Å²) in [5, 5.41) is 0. The smallest absolute Gasteiger partial charge is 0.276 e. The summed E-state index contributed by atoms with van der Waals surface area (Å²) in [6, 6.07) is 0. The lowest BCUT2D eigenvalue weighted by Gasteiger charge is -2.08. The molecule has 0 bridgehead atoms. The van der Waals surface area contributed by atoms with Crippen molar-refractivity contribution in [2.45, 2.75) is 13.3 Å². The molecule has 0 aliphatic rings. The Labute approximate surface area is 57.5 Å². The molecule has 0 aromatic carbocycles. The highest BCUT2D eigenvalue weighted by Gasteiger charge is 2.05. The average molecular weight is 172 g/mol. The van der Waals surface area contributed by atoms with Crippen molar-refractivity contribution in [1.29, 1.82) is 0 Å². The van der Waals surface area contributed by atoms with Gasteiger partial charge in [0.1, 0.15) is 0 Å². The Morgan fingerprint density at radius 2 is 1.78 bits per heavy atom. The molecule has 3 N–H and O–H groups in total. The maximum absolute atomic E-state index is 8.65. The molecule has 0 aliphatic heterocycles. The lowest BCUT2D eigenvalue weighted by molar-refractivity contribution is 0.362. The molecule has 0 heterocycles. The van der Waals surface area contributed by atoms with Crippen LogP contribution in [0.15, 0.2) is 0 Å². The summed E-state index contributed by atoms with van der Waals surface area (Å²) in [5.74, 6) is 0.692. The van der Waals surface area contributed by atoms with Gasteiger partial charge in [0.25, 0.3) is 6.72 Å². The van der Waals surface area contributed by atoms with Gasteiger partial charge >= 0.3 is 0 Å².